The molecule has 0 amide bonds. The van der Waals surface area contributed by atoms with E-state index < -0.39 is 17.3 Å². The number of halogens is 3. The molecule has 0 saturated heterocycles. The molecule has 7 heteroatoms. The van der Waals surface area contributed by atoms with Gasteiger partial charge in [-0.2, -0.15) is 13.2 Å². The quantitative estimate of drug-likeness (QED) is 0.0978. The average Bonchev–Trinajstić information content (AvgIpc) is 3.56. The van der Waals surface area contributed by atoms with E-state index in [1.807, 2.05) is 12.1 Å². The van der Waals surface area contributed by atoms with Crippen molar-refractivity contribution in [1.82, 2.24) is 4.98 Å². The second-order valence-corrected chi connectivity index (χ2v) is 17.6. The molecule has 0 N–H and O–H groups in total. The maximum Gasteiger partial charge on any atom is 0.416 e. The van der Waals surface area contributed by atoms with Crippen LogP contribution in [0.15, 0.2) is 114 Å². The van der Waals surface area contributed by atoms with Crippen LogP contribution in [0.3, 0.4) is 0 Å². The van der Waals surface area contributed by atoms with Crippen molar-refractivity contribution in [3.63, 3.8) is 0 Å². The van der Waals surface area contributed by atoms with E-state index in [9.17, 15) is 13.2 Å². The number of rotatable bonds is 16. The van der Waals surface area contributed by atoms with Crippen molar-refractivity contribution in [2.45, 2.75) is 142 Å². The van der Waals surface area contributed by atoms with E-state index in [4.69, 9.17) is 9.40 Å². The Labute approximate surface area is 344 Å². The van der Waals surface area contributed by atoms with E-state index in [0.717, 1.165) is 108 Å². The maximum absolute atomic E-state index is 13.5. The highest BCUT2D eigenvalue weighted by atomic mass is 19.4. The van der Waals surface area contributed by atoms with Crippen LogP contribution in [-0.2, 0) is 17.0 Å². The number of hydrogen-bond donors (Lipinski definition) is 0. The van der Waals surface area contributed by atoms with E-state index >= 15 is 0 Å². The second-order valence-electron chi connectivity index (χ2n) is 17.6. The van der Waals surface area contributed by atoms with E-state index in [1.165, 1.54) is 5.56 Å². The molecular weight excluding hydrogens is 728 g/mol. The molecule has 308 valence electrons. The molecule has 2 aromatic heterocycles. The first-order chi connectivity index (χ1) is 27.6. The zero-order chi connectivity index (χ0) is 41.9. The van der Waals surface area contributed by atoms with Gasteiger partial charge in [0.25, 0.3) is 0 Å². The maximum atomic E-state index is 13.5. The van der Waals surface area contributed by atoms with Crippen molar-refractivity contribution in [1.29, 1.82) is 0 Å². The second kappa shape index (κ2) is 17.2. The molecule has 0 fully saturated rings. The summed E-state index contributed by atoms with van der Waals surface area (Å²) in [4.78, 5) is 10.1. The minimum atomic E-state index is -4.40. The summed E-state index contributed by atoms with van der Waals surface area (Å²) in [7, 11) is 0. The van der Waals surface area contributed by atoms with Crippen molar-refractivity contribution < 1.29 is 17.6 Å². The molecule has 6 rings (SSSR count). The zero-order valence-corrected chi connectivity index (χ0v) is 36.0. The lowest BCUT2D eigenvalue weighted by atomic mass is 9.70. The molecule has 3 atom stereocenters. The van der Waals surface area contributed by atoms with Crippen LogP contribution >= 0.6 is 0 Å². The van der Waals surface area contributed by atoms with Crippen LogP contribution in [0.25, 0.3) is 21.9 Å². The van der Waals surface area contributed by atoms with Crippen molar-refractivity contribution in [3.8, 4) is 0 Å². The normalized spacial score (nSPS) is 15.0. The highest BCUT2D eigenvalue weighted by Gasteiger charge is 2.41. The van der Waals surface area contributed by atoms with Crippen LogP contribution < -0.4 is 9.80 Å². The van der Waals surface area contributed by atoms with Gasteiger partial charge in [0.1, 0.15) is 17.0 Å². The lowest BCUT2D eigenvalue weighted by Gasteiger charge is -2.46. The number of benzene rings is 4. The van der Waals surface area contributed by atoms with Gasteiger partial charge < -0.3 is 14.2 Å². The smallest absolute Gasteiger partial charge is 0.416 e. The summed E-state index contributed by atoms with van der Waals surface area (Å²) in [6.45, 7) is 20.0. The molecule has 3 unspecified atom stereocenters. The number of fused-ring (bicyclic) bond motifs is 3. The summed E-state index contributed by atoms with van der Waals surface area (Å²) in [6, 6.07) is 35.7. The Morgan fingerprint density at radius 2 is 1.24 bits per heavy atom. The van der Waals surface area contributed by atoms with Crippen molar-refractivity contribution in [2.75, 3.05) is 9.80 Å². The number of hydrogen-bond acceptors (Lipinski definition) is 4. The lowest BCUT2D eigenvalue weighted by Crippen LogP contribution is -2.48. The highest BCUT2D eigenvalue weighted by Crippen LogP contribution is 2.46. The van der Waals surface area contributed by atoms with Crippen LogP contribution in [0.4, 0.5) is 36.1 Å². The van der Waals surface area contributed by atoms with Gasteiger partial charge in [0, 0.05) is 62.0 Å². The Bertz CT molecular complexity index is 2270. The Kier molecular flexibility index (Phi) is 12.7. The molecule has 0 aliphatic heterocycles. The topological polar surface area (TPSA) is 32.5 Å². The van der Waals surface area contributed by atoms with E-state index in [1.54, 1.807) is 12.1 Å². The first-order valence-corrected chi connectivity index (χ1v) is 21.3. The number of furan rings is 1. The molecule has 6 aromatic rings. The molecule has 0 saturated carbocycles. The monoisotopic (exact) mass is 789 g/mol. The van der Waals surface area contributed by atoms with Crippen LogP contribution in [0.2, 0.25) is 0 Å². The number of anilines is 4. The Balaban J connectivity index is 1.47. The summed E-state index contributed by atoms with van der Waals surface area (Å²) >= 11 is 0. The third kappa shape index (κ3) is 8.65. The number of pyridine rings is 1. The van der Waals surface area contributed by atoms with E-state index in [0.29, 0.717) is 5.69 Å². The SMILES string of the molecule is CCCCC(N(c1ccccc1)c1cccc(C(C)(CC)CCC)n1)C(C)(CCC)c1ccc2c(c1)oc1cc(N(c3ccc(C(F)(F)F)cc3)C(C)(C)C)ccc12. The summed E-state index contributed by atoms with van der Waals surface area (Å²) in [5.74, 6) is 0.983. The summed E-state index contributed by atoms with van der Waals surface area (Å²) < 4.78 is 47.1. The Morgan fingerprint density at radius 3 is 1.84 bits per heavy atom. The van der Waals surface area contributed by atoms with Gasteiger partial charge in [-0.15, -0.1) is 0 Å². The largest absolute Gasteiger partial charge is 0.456 e. The molecule has 0 radical (unpaired) electrons. The van der Waals surface area contributed by atoms with Crippen LogP contribution in [-0.4, -0.2) is 16.6 Å². The summed E-state index contributed by atoms with van der Waals surface area (Å²) in [5.41, 5.74) is 5.23. The van der Waals surface area contributed by atoms with Gasteiger partial charge in [-0.05, 0) is 119 Å². The van der Waals surface area contributed by atoms with E-state index in [-0.39, 0.29) is 16.9 Å². The molecule has 0 aliphatic carbocycles. The molecule has 58 heavy (non-hydrogen) atoms. The average molecular weight is 790 g/mol. The minimum absolute atomic E-state index is 0.00734. The van der Waals surface area contributed by atoms with Crippen molar-refractivity contribution >= 4 is 44.8 Å². The summed E-state index contributed by atoms with van der Waals surface area (Å²) in [6.07, 6.45) is 3.94. The predicted molar refractivity (Wildman–Crippen MR) is 238 cm³/mol. The van der Waals surface area contributed by atoms with Crippen molar-refractivity contribution in [3.05, 3.63) is 126 Å². The number of unbranched alkanes of at least 4 members (excludes halogenated alkanes) is 1. The molecule has 0 spiro atoms. The fourth-order valence-corrected chi connectivity index (χ4v) is 9.13. The standard InChI is InChI=1S/C51H62F3N3O/c1-10-14-22-46(56(38-19-16-15-17-20-38)47-23-18-21-45(55-47)49(8,13-4)32-11-2)50(9,33-12-3)37-26-30-41-42-31-29-40(35-44(42)58-43(41)34-37)57(48(5,6)7)39-27-24-36(25-28-39)51(52,53)54/h15-21,23-31,34-35,46H,10-14,22,32-33H2,1-9H3. The fraction of sp³-hybridized carbons (Fsp3) is 0.431. The predicted octanol–water partition coefficient (Wildman–Crippen LogP) is 15.9. The number of aromatic nitrogens is 1. The third-order valence-corrected chi connectivity index (χ3v) is 12.4. The number of nitrogens with zero attached hydrogens (tertiary/aromatic N) is 3. The van der Waals surface area contributed by atoms with Gasteiger partial charge in [0.05, 0.1) is 5.56 Å². The molecular formula is C51H62F3N3O. The lowest BCUT2D eigenvalue weighted by molar-refractivity contribution is -0.137. The van der Waals surface area contributed by atoms with Crippen LogP contribution in [0, 0.1) is 0 Å². The highest BCUT2D eigenvalue weighted by molar-refractivity contribution is 6.06. The zero-order valence-electron chi connectivity index (χ0n) is 36.0. The molecule has 4 nitrogen and oxygen atoms in total. The van der Waals surface area contributed by atoms with Crippen LogP contribution in [0.1, 0.15) is 131 Å². The fourth-order valence-electron chi connectivity index (χ4n) is 9.13. The van der Waals surface area contributed by atoms with E-state index in [2.05, 4.69) is 145 Å². The minimum Gasteiger partial charge on any atom is -0.456 e. The van der Waals surface area contributed by atoms with Gasteiger partial charge in [0.15, 0.2) is 0 Å². The molecule has 0 bridgehead atoms. The Hall–Kier alpha value is -4.78. The van der Waals surface area contributed by atoms with Crippen molar-refractivity contribution in [2.24, 2.45) is 0 Å². The first kappa shape index (κ1) is 42.8. The third-order valence-electron chi connectivity index (χ3n) is 12.4. The molecule has 2 heterocycles. The number of para-hydroxylation sites is 1. The Morgan fingerprint density at radius 1 is 0.621 bits per heavy atom. The molecule has 0 aliphatic rings. The molecule has 4 aromatic carbocycles. The van der Waals surface area contributed by atoms with Crippen LogP contribution in [0.5, 0.6) is 0 Å². The summed E-state index contributed by atoms with van der Waals surface area (Å²) in [5, 5.41) is 2.04. The van der Waals surface area contributed by atoms with Gasteiger partial charge in [0.2, 0.25) is 0 Å². The number of alkyl halides is 3. The van der Waals surface area contributed by atoms with Gasteiger partial charge in [-0.1, -0.05) is 104 Å². The first-order valence-electron chi connectivity index (χ1n) is 21.3. The van der Waals surface area contributed by atoms with Gasteiger partial charge >= 0.3 is 6.18 Å². The van der Waals surface area contributed by atoms with Gasteiger partial charge in [-0.25, -0.2) is 4.98 Å². The van der Waals surface area contributed by atoms with Gasteiger partial charge in [-0.3, -0.25) is 0 Å².